The van der Waals surface area contributed by atoms with Gasteiger partial charge >= 0.3 is 0 Å². The van der Waals surface area contributed by atoms with Crippen molar-refractivity contribution in [3.63, 3.8) is 0 Å². The zero-order valence-electron chi connectivity index (χ0n) is 12.4. The van der Waals surface area contributed by atoms with Gasteiger partial charge in [0.1, 0.15) is 5.76 Å². The molecule has 0 bridgehead atoms. The van der Waals surface area contributed by atoms with Gasteiger partial charge in [-0.05, 0) is 26.0 Å². The quantitative estimate of drug-likeness (QED) is 0.855. The predicted molar refractivity (Wildman–Crippen MR) is 87.0 cm³/mol. The van der Waals surface area contributed by atoms with Gasteiger partial charge in [-0.3, -0.25) is 9.59 Å². The van der Waals surface area contributed by atoms with Crippen molar-refractivity contribution in [1.82, 2.24) is 5.16 Å². The first-order valence-corrected chi connectivity index (χ1v) is 7.86. The maximum atomic E-state index is 11.7. The van der Waals surface area contributed by atoms with Crippen molar-refractivity contribution >= 4 is 35.1 Å². The summed E-state index contributed by atoms with van der Waals surface area (Å²) < 4.78 is 4.85. The van der Waals surface area contributed by atoms with Crippen LogP contribution in [0.4, 0.5) is 11.5 Å². The van der Waals surface area contributed by atoms with Gasteiger partial charge in [0, 0.05) is 11.8 Å². The van der Waals surface area contributed by atoms with Crippen LogP contribution in [-0.4, -0.2) is 28.5 Å². The summed E-state index contributed by atoms with van der Waals surface area (Å²) in [4.78, 5) is 23.4. The number of benzene rings is 1. The minimum absolute atomic E-state index is 0.140. The Labute approximate surface area is 132 Å². The van der Waals surface area contributed by atoms with Gasteiger partial charge in [-0.2, -0.15) is 0 Å². The third-order valence-electron chi connectivity index (χ3n) is 2.70. The molecule has 2 amide bonds. The number of hydrogen-bond acceptors (Lipinski definition) is 5. The molecular weight excluding hydrogens is 302 g/mol. The summed E-state index contributed by atoms with van der Waals surface area (Å²) in [7, 11) is 0. The van der Waals surface area contributed by atoms with Crippen molar-refractivity contribution in [1.29, 1.82) is 0 Å². The van der Waals surface area contributed by atoms with Gasteiger partial charge in [0.2, 0.25) is 11.8 Å². The monoisotopic (exact) mass is 319 g/mol. The van der Waals surface area contributed by atoms with E-state index in [1.54, 1.807) is 13.0 Å². The normalized spacial score (nSPS) is 10.3. The van der Waals surface area contributed by atoms with E-state index in [-0.39, 0.29) is 23.3 Å². The lowest BCUT2D eigenvalue weighted by molar-refractivity contribution is -0.114. The van der Waals surface area contributed by atoms with Crippen LogP contribution in [-0.2, 0) is 9.59 Å². The van der Waals surface area contributed by atoms with Crippen LogP contribution in [0.25, 0.3) is 0 Å². The van der Waals surface area contributed by atoms with Crippen LogP contribution < -0.4 is 10.6 Å². The van der Waals surface area contributed by atoms with E-state index in [4.69, 9.17) is 4.52 Å². The number of aromatic nitrogens is 1. The summed E-state index contributed by atoms with van der Waals surface area (Å²) in [6.07, 6.45) is 0. The molecule has 2 rings (SSSR count). The van der Waals surface area contributed by atoms with Gasteiger partial charge in [0.15, 0.2) is 5.82 Å². The highest BCUT2D eigenvalue weighted by molar-refractivity contribution is 8.00. The van der Waals surface area contributed by atoms with Gasteiger partial charge in [0.25, 0.3) is 0 Å². The van der Waals surface area contributed by atoms with E-state index in [2.05, 4.69) is 15.8 Å². The molecule has 1 heterocycles. The van der Waals surface area contributed by atoms with Crippen LogP contribution in [0.2, 0.25) is 0 Å². The number of hydrogen-bond donors (Lipinski definition) is 2. The number of nitrogens with zero attached hydrogens (tertiary/aromatic N) is 1. The molecule has 116 valence electrons. The number of amides is 2. The Bertz CT molecular complexity index is 652. The molecule has 1 aromatic heterocycles. The first-order chi connectivity index (χ1) is 10.5. The molecule has 22 heavy (non-hydrogen) atoms. The Morgan fingerprint density at radius 3 is 2.32 bits per heavy atom. The summed E-state index contributed by atoms with van der Waals surface area (Å²) in [6.45, 7) is 3.73. The fraction of sp³-hybridized carbons (Fsp3) is 0.267. The van der Waals surface area contributed by atoms with Crippen molar-refractivity contribution < 1.29 is 14.1 Å². The Balaban J connectivity index is 1.68. The van der Waals surface area contributed by atoms with E-state index in [0.29, 0.717) is 11.6 Å². The maximum Gasteiger partial charge on any atom is 0.235 e. The average molecular weight is 319 g/mol. The van der Waals surface area contributed by atoms with E-state index >= 15 is 0 Å². The minimum atomic E-state index is -0.221. The van der Waals surface area contributed by atoms with Crippen molar-refractivity contribution in [2.45, 2.75) is 13.8 Å². The highest BCUT2D eigenvalue weighted by Crippen LogP contribution is 2.11. The van der Waals surface area contributed by atoms with Gasteiger partial charge in [-0.15, -0.1) is 11.8 Å². The fourth-order valence-corrected chi connectivity index (χ4v) is 2.29. The highest BCUT2D eigenvalue weighted by atomic mass is 32.2. The van der Waals surface area contributed by atoms with Gasteiger partial charge in [-0.1, -0.05) is 22.9 Å². The summed E-state index contributed by atoms with van der Waals surface area (Å²) >= 11 is 1.24. The molecule has 6 nitrogen and oxygen atoms in total. The third-order valence-corrected chi connectivity index (χ3v) is 3.63. The lowest BCUT2D eigenvalue weighted by Gasteiger charge is -2.05. The minimum Gasteiger partial charge on any atom is -0.360 e. The van der Waals surface area contributed by atoms with Crippen LogP contribution in [0.3, 0.4) is 0 Å². The fourth-order valence-electron chi connectivity index (χ4n) is 1.67. The van der Waals surface area contributed by atoms with Crippen molar-refractivity contribution in [3.05, 3.63) is 41.7 Å². The summed E-state index contributed by atoms with van der Waals surface area (Å²) in [6, 6.07) is 9.17. The number of anilines is 2. The van der Waals surface area contributed by atoms with Gasteiger partial charge in [-0.25, -0.2) is 0 Å². The molecule has 1 aromatic carbocycles. The van der Waals surface area contributed by atoms with Gasteiger partial charge < -0.3 is 15.2 Å². The SMILES string of the molecule is Cc1ccc(NC(=O)CSCC(=O)Nc2cc(C)on2)cc1. The number of rotatable bonds is 6. The Hall–Kier alpha value is -2.28. The second-order valence-electron chi connectivity index (χ2n) is 4.78. The maximum absolute atomic E-state index is 11.7. The van der Waals surface area contributed by atoms with Crippen LogP contribution in [0.1, 0.15) is 11.3 Å². The van der Waals surface area contributed by atoms with Gasteiger partial charge in [0.05, 0.1) is 11.5 Å². The molecule has 2 N–H and O–H groups in total. The Morgan fingerprint density at radius 2 is 1.73 bits per heavy atom. The molecule has 0 spiro atoms. The first-order valence-electron chi connectivity index (χ1n) is 6.70. The van der Waals surface area contributed by atoms with E-state index in [1.165, 1.54) is 11.8 Å². The van der Waals surface area contributed by atoms with E-state index in [0.717, 1.165) is 11.3 Å². The second kappa shape index (κ2) is 7.65. The molecule has 7 heteroatoms. The molecule has 0 aliphatic carbocycles. The van der Waals surface area contributed by atoms with Crippen LogP contribution in [0, 0.1) is 13.8 Å². The van der Waals surface area contributed by atoms with Crippen molar-refractivity contribution in [2.75, 3.05) is 22.1 Å². The summed E-state index contributed by atoms with van der Waals surface area (Å²) in [5.41, 5.74) is 1.88. The largest absolute Gasteiger partial charge is 0.360 e. The smallest absolute Gasteiger partial charge is 0.235 e. The average Bonchev–Trinajstić information content (AvgIpc) is 2.86. The highest BCUT2D eigenvalue weighted by Gasteiger charge is 2.08. The van der Waals surface area contributed by atoms with Crippen LogP contribution in [0.5, 0.6) is 0 Å². The standard InChI is InChI=1S/C15H17N3O3S/c1-10-3-5-12(6-4-10)16-14(19)8-22-9-15(20)17-13-7-11(2)21-18-13/h3-7H,8-9H2,1-2H3,(H,16,19)(H,17,18,20). The molecule has 0 saturated heterocycles. The number of carbonyl (C=O) groups excluding carboxylic acids is 2. The topological polar surface area (TPSA) is 84.2 Å². The summed E-state index contributed by atoms with van der Waals surface area (Å²) in [5, 5.41) is 9.04. The van der Waals surface area contributed by atoms with E-state index in [9.17, 15) is 9.59 Å². The number of nitrogens with one attached hydrogen (secondary N) is 2. The summed E-state index contributed by atoms with van der Waals surface area (Å²) in [5.74, 6) is 1.03. The van der Waals surface area contributed by atoms with E-state index in [1.807, 2.05) is 31.2 Å². The molecule has 0 radical (unpaired) electrons. The number of carbonyl (C=O) groups is 2. The Morgan fingerprint density at radius 1 is 1.09 bits per heavy atom. The zero-order valence-corrected chi connectivity index (χ0v) is 13.2. The van der Waals surface area contributed by atoms with Crippen molar-refractivity contribution in [3.8, 4) is 0 Å². The Kier molecular flexibility index (Phi) is 5.60. The molecule has 0 atom stereocenters. The molecule has 2 aromatic rings. The molecule has 0 aliphatic heterocycles. The van der Waals surface area contributed by atoms with Crippen LogP contribution in [0.15, 0.2) is 34.9 Å². The predicted octanol–water partition coefficient (Wildman–Crippen LogP) is 2.60. The number of aryl methyl sites for hydroxylation is 2. The lowest BCUT2D eigenvalue weighted by atomic mass is 10.2. The molecule has 0 aliphatic rings. The van der Waals surface area contributed by atoms with Crippen LogP contribution >= 0.6 is 11.8 Å². The van der Waals surface area contributed by atoms with Crippen molar-refractivity contribution in [2.24, 2.45) is 0 Å². The molecular formula is C15H17N3O3S. The third kappa shape index (κ3) is 5.25. The molecule has 0 unspecified atom stereocenters. The molecule has 0 fully saturated rings. The zero-order chi connectivity index (χ0) is 15.9. The second-order valence-corrected chi connectivity index (χ2v) is 5.76. The van der Waals surface area contributed by atoms with E-state index < -0.39 is 0 Å². The number of thioether (sulfide) groups is 1. The lowest BCUT2D eigenvalue weighted by Crippen LogP contribution is -2.18. The molecule has 0 saturated carbocycles. The first kappa shape index (κ1) is 16.1.